The molecular weight excluding hydrogens is 513 g/mol. The summed E-state index contributed by atoms with van der Waals surface area (Å²) in [5.74, 6) is 0.116. The number of nitrogens with one attached hydrogen (secondary N) is 1. The van der Waals surface area contributed by atoms with Crippen molar-refractivity contribution in [2.45, 2.75) is 19.9 Å². The standard InChI is InChI=1S/C24H19Cl2N3O3S2/c1-13(30)29-9-8-15-20(11-29)34-24(22(15)23-27-17-4-2-3-5-19(17)33-23)28-21(31)12-32-18-7-6-14(25)10-16(18)26/h2-7,10H,8-9,11-12H2,1H3,(H,28,31). The molecule has 3 heterocycles. The molecule has 0 unspecified atom stereocenters. The van der Waals surface area contributed by atoms with E-state index in [1.165, 1.54) is 11.3 Å². The number of halogens is 2. The van der Waals surface area contributed by atoms with Gasteiger partial charge in [-0.25, -0.2) is 4.98 Å². The fraction of sp³-hybridized carbons (Fsp3) is 0.208. The molecule has 4 aromatic rings. The number of thiophene rings is 1. The molecule has 174 valence electrons. The van der Waals surface area contributed by atoms with Crippen molar-refractivity contribution in [1.82, 2.24) is 9.88 Å². The van der Waals surface area contributed by atoms with E-state index in [2.05, 4.69) is 5.32 Å². The van der Waals surface area contributed by atoms with E-state index in [1.807, 2.05) is 29.2 Å². The number of fused-ring (bicyclic) bond motifs is 2. The fourth-order valence-electron chi connectivity index (χ4n) is 3.86. The Hall–Kier alpha value is -2.65. The molecule has 0 saturated carbocycles. The van der Waals surface area contributed by atoms with Gasteiger partial charge in [0.1, 0.15) is 15.8 Å². The predicted molar refractivity (Wildman–Crippen MR) is 138 cm³/mol. The van der Waals surface area contributed by atoms with Crippen LogP contribution in [0, 0.1) is 0 Å². The zero-order valence-electron chi connectivity index (χ0n) is 18.1. The number of rotatable bonds is 5. The summed E-state index contributed by atoms with van der Waals surface area (Å²) >= 11 is 15.1. The smallest absolute Gasteiger partial charge is 0.262 e. The molecule has 5 rings (SSSR count). The molecule has 6 nitrogen and oxygen atoms in total. The summed E-state index contributed by atoms with van der Waals surface area (Å²) in [6.45, 7) is 2.54. The molecular formula is C24H19Cl2N3O3S2. The minimum atomic E-state index is -0.310. The first-order chi connectivity index (χ1) is 16.4. The molecule has 1 N–H and O–H groups in total. The van der Waals surface area contributed by atoms with Crippen LogP contribution in [0.2, 0.25) is 10.0 Å². The molecule has 0 fully saturated rings. The Morgan fingerprint density at radius 2 is 2.00 bits per heavy atom. The van der Waals surface area contributed by atoms with Gasteiger partial charge in [-0.2, -0.15) is 0 Å². The van der Waals surface area contributed by atoms with Crippen LogP contribution in [0.25, 0.3) is 20.8 Å². The third kappa shape index (κ3) is 4.63. The highest BCUT2D eigenvalue weighted by molar-refractivity contribution is 7.23. The summed E-state index contributed by atoms with van der Waals surface area (Å²) in [5.41, 5.74) is 2.99. The van der Waals surface area contributed by atoms with E-state index in [0.717, 1.165) is 31.2 Å². The Labute approximate surface area is 214 Å². The molecule has 0 aliphatic carbocycles. The number of ether oxygens (including phenoxy) is 1. The first-order valence-electron chi connectivity index (χ1n) is 10.5. The van der Waals surface area contributed by atoms with Crippen LogP contribution in [0.4, 0.5) is 5.00 Å². The van der Waals surface area contributed by atoms with Gasteiger partial charge >= 0.3 is 0 Å². The maximum Gasteiger partial charge on any atom is 0.262 e. The third-order valence-electron chi connectivity index (χ3n) is 5.52. The zero-order chi connectivity index (χ0) is 23.8. The zero-order valence-corrected chi connectivity index (χ0v) is 21.2. The number of anilines is 1. The number of carbonyl (C=O) groups is 2. The lowest BCUT2D eigenvalue weighted by Gasteiger charge is -2.26. The molecule has 0 atom stereocenters. The number of aromatic nitrogens is 1. The van der Waals surface area contributed by atoms with Gasteiger partial charge in [0.15, 0.2) is 6.61 Å². The molecule has 2 amide bonds. The monoisotopic (exact) mass is 531 g/mol. The third-order valence-corrected chi connectivity index (χ3v) is 8.23. The summed E-state index contributed by atoms with van der Waals surface area (Å²) in [4.78, 5) is 32.5. The highest BCUT2D eigenvalue weighted by Gasteiger charge is 2.28. The van der Waals surface area contributed by atoms with Crippen LogP contribution in [-0.2, 0) is 22.6 Å². The van der Waals surface area contributed by atoms with Crippen LogP contribution in [0.5, 0.6) is 5.75 Å². The lowest BCUT2D eigenvalue weighted by molar-refractivity contribution is -0.129. The van der Waals surface area contributed by atoms with Crippen molar-refractivity contribution < 1.29 is 14.3 Å². The van der Waals surface area contributed by atoms with E-state index >= 15 is 0 Å². The van der Waals surface area contributed by atoms with Crippen LogP contribution < -0.4 is 10.1 Å². The van der Waals surface area contributed by atoms with Crippen molar-refractivity contribution in [3.05, 3.63) is 63.0 Å². The van der Waals surface area contributed by atoms with Gasteiger partial charge in [0.05, 0.1) is 21.8 Å². The van der Waals surface area contributed by atoms with Crippen LogP contribution in [-0.4, -0.2) is 34.8 Å². The number of hydrogen-bond acceptors (Lipinski definition) is 6. The lowest BCUT2D eigenvalue weighted by Crippen LogP contribution is -2.33. The second-order valence-corrected chi connectivity index (χ2v) is 10.8. The molecule has 0 bridgehead atoms. The Morgan fingerprint density at radius 1 is 1.18 bits per heavy atom. The van der Waals surface area contributed by atoms with Gasteiger partial charge < -0.3 is 15.0 Å². The maximum atomic E-state index is 12.8. The Bertz CT molecular complexity index is 1380. The van der Waals surface area contributed by atoms with Gasteiger partial charge in [0.25, 0.3) is 5.91 Å². The van der Waals surface area contributed by atoms with Crippen molar-refractivity contribution in [1.29, 1.82) is 0 Å². The number of amides is 2. The molecule has 2 aromatic heterocycles. The van der Waals surface area contributed by atoms with Gasteiger partial charge in [0, 0.05) is 28.9 Å². The molecule has 2 aromatic carbocycles. The lowest BCUT2D eigenvalue weighted by atomic mass is 10.0. The molecule has 1 aliphatic rings. The Balaban J connectivity index is 1.44. The number of carbonyl (C=O) groups excluding carboxylic acids is 2. The van der Waals surface area contributed by atoms with Crippen molar-refractivity contribution in [2.24, 2.45) is 0 Å². The largest absolute Gasteiger partial charge is 0.482 e. The average Bonchev–Trinajstić information content (AvgIpc) is 3.38. The van der Waals surface area contributed by atoms with Crippen molar-refractivity contribution in [3.8, 4) is 16.3 Å². The van der Waals surface area contributed by atoms with Gasteiger partial charge in [0.2, 0.25) is 5.91 Å². The summed E-state index contributed by atoms with van der Waals surface area (Å²) < 4.78 is 6.69. The van der Waals surface area contributed by atoms with E-state index < -0.39 is 0 Å². The van der Waals surface area contributed by atoms with E-state index in [4.69, 9.17) is 32.9 Å². The number of para-hydroxylation sites is 1. The fourth-order valence-corrected chi connectivity index (χ4v) is 6.72. The van der Waals surface area contributed by atoms with Crippen molar-refractivity contribution >= 4 is 72.9 Å². The summed E-state index contributed by atoms with van der Waals surface area (Å²) in [5, 5.41) is 5.40. The van der Waals surface area contributed by atoms with E-state index in [-0.39, 0.29) is 18.4 Å². The van der Waals surface area contributed by atoms with Crippen LogP contribution in [0.15, 0.2) is 42.5 Å². The molecule has 1 aliphatic heterocycles. The summed E-state index contributed by atoms with van der Waals surface area (Å²) in [7, 11) is 0. The number of benzene rings is 2. The van der Waals surface area contributed by atoms with Gasteiger partial charge in [-0.05, 0) is 42.3 Å². The van der Waals surface area contributed by atoms with Gasteiger partial charge in [-0.1, -0.05) is 35.3 Å². The predicted octanol–water partition coefficient (Wildman–Crippen LogP) is 6.25. The van der Waals surface area contributed by atoms with E-state index in [0.29, 0.717) is 40.3 Å². The quantitative estimate of drug-likeness (QED) is 0.330. The van der Waals surface area contributed by atoms with Crippen molar-refractivity contribution in [2.75, 3.05) is 18.5 Å². The SMILES string of the molecule is CC(=O)N1CCc2c(sc(NC(=O)COc3ccc(Cl)cc3Cl)c2-c2nc3ccccc3s2)C1. The Morgan fingerprint density at radius 3 is 2.76 bits per heavy atom. The van der Waals surface area contributed by atoms with Crippen molar-refractivity contribution in [3.63, 3.8) is 0 Å². The summed E-state index contributed by atoms with van der Waals surface area (Å²) in [6, 6.07) is 12.8. The number of thiazole rings is 1. The molecule has 0 radical (unpaired) electrons. The molecule has 10 heteroatoms. The van der Waals surface area contributed by atoms with E-state index in [1.54, 1.807) is 36.5 Å². The first kappa shape index (κ1) is 23.1. The Kier molecular flexibility index (Phi) is 6.48. The number of nitrogens with zero attached hydrogens (tertiary/aromatic N) is 2. The average molecular weight is 532 g/mol. The molecule has 0 spiro atoms. The highest BCUT2D eigenvalue weighted by Crippen LogP contribution is 2.45. The normalized spacial score (nSPS) is 13.1. The second kappa shape index (κ2) is 9.54. The second-order valence-electron chi connectivity index (χ2n) is 7.80. The number of hydrogen-bond donors (Lipinski definition) is 1. The minimum absolute atomic E-state index is 0.0411. The van der Waals surface area contributed by atoms with Crippen LogP contribution >= 0.6 is 45.9 Å². The van der Waals surface area contributed by atoms with Crippen LogP contribution in [0.3, 0.4) is 0 Å². The van der Waals surface area contributed by atoms with Gasteiger partial charge in [-0.3, -0.25) is 9.59 Å². The topological polar surface area (TPSA) is 71.5 Å². The van der Waals surface area contributed by atoms with Crippen LogP contribution in [0.1, 0.15) is 17.4 Å². The highest BCUT2D eigenvalue weighted by atomic mass is 35.5. The molecule has 34 heavy (non-hydrogen) atoms. The first-order valence-corrected chi connectivity index (χ1v) is 12.9. The van der Waals surface area contributed by atoms with Gasteiger partial charge in [-0.15, -0.1) is 22.7 Å². The summed E-state index contributed by atoms with van der Waals surface area (Å²) in [6.07, 6.45) is 0.712. The maximum absolute atomic E-state index is 12.8. The van der Waals surface area contributed by atoms with E-state index in [9.17, 15) is 9.59 Å². The molecule has 0 saturated heterocycles. The minimum Gasteiger partial charge on any atom is -0.482 e.